The first-order valence-electron chi connectivity index (χ1n) is 5.12. The highest BCUT2D eigenvalue weighted by Gasteiger charge is 2.26. The zero-order chi connectivity index (χ0) is 13.9. The fraction of sp³-hybridized carbons (Fsp3) is 0.400. The minimum absolute atomic E-state index is 0.0327. The van der Waals surface area contributed by atoms with Crippen LogP contribution in [0.5, 0.6) is 0 Å². The number of halogens is 1. The summed E-state index contributed by atoms with van der Waals surface area (Å²) >= 11 is 0. The van der Waals surface area contributed by atoms with Gasteiger partial charge in [-0.1, -0.05) is 0 Å². The Labute approximate surface area is 102 Å². The van der Waals surface area contributed by atoms with Gasteiger partial charge in [0.25, 0.3) is 5.69 Å². The number of nitrogens with two attached hydrogens (primary N) is 1. The Morgan fingerprint density at radius 2 is 2.17 bits per heavy atom. The summed E-state index contributed by atoms with van der Waals surface area (Å²) in [5, 5.41) is 32.6. The number of nitrogen functional groups attached to an aromatic ring is 1. The first kappa shape index (κ1) is 14.3. The van der Waals surface area contributed by atoms with Crippen molar-refractivity contribution in [2.75, 3.05) is 19.3 Å². The number of nitrogens with one attached hydrogen (secondary N) is 1. The van der Waals surface area contributed by atoms with Crippen molar-refractivity contribution in [2.45, 2.75) is 12.2 Å². The lowest BCUT2D eigenvalue weighted by Crippen LogP contribution is -2.30. The highest BCUT2D eigenvalue weighted by atomic mass is 19.1. The Bertz CT molecular complexity index is 455. The molecule has 1 aromatic carbocycles. The fourth-order valence-corrected chi connectivity index (χ4v) is 1.55. The van der Waals surface area contributed by atoms with E-state index in [1.165, 1.54) is 0 Å². The zero-order valence-electron chi connectivity index (χ0n) is 9.63. The van der Waals surface area contributed by atoms with E-state index in [4.69, 9.17) is 5.73 Å². The molecule has 0 bridgehead atoms. The predicted molar refractivity (Wildman–Crippen MR) is 62.4 cm³/mol. The first-order valence-corrected chi connectivity index (χ1v) is 5.12. The summed E-state index contributed by atoms with van der Waals surface area (Å²) in [5.74, 6) is -0.901. The summed E-state index contributed by atoms with van der Waals surface area (Å²) in [4.78, 5) is 9.80. The molecular weight excluding hydrogens is 245 g/mol. The maximum atomic E-state index is 13.2. The third-order valence-corrected chi connectivity index (χ3v) is 2.45. The molecule has 0 aliphatic heterocycles. The largest absolute Gasteiger partial charge is 0.393 e. The number of likely N-dealkylation sites (N-methyl/N-ethyl adjacent to an activating group) is 1. The van der Waals surface area contributed by atoms with Crippen LogP contribution in [0.25, 0.3) is 0 Å². The van der Waals surface area contributed by atoms with Gasteiger partial charge in [-0.2, -0.15) is 0 Å². The Kier molecular flexibility index (Phi) is 4.54. The Balaban J connectivity index is 3.19. The lowest BCUT2D eigenvalue weighted by molar-refractivity contribution is -0.384. The number of hydrogen-bond acceptors (Lipinski definition) is 6. The maximum absolute atomic E-state index is 13.2. The van der Waals surface area contributed by atoms with E-state index >= 15 is 0 Å². The van der Waals surface area contributed by atoms with Gasteiger partial charge in [-0.05, 0) is 13.1 Å². The highest BCUT2D eigenvalue weighted by Crippen LogP contribution is 2.32. The number of nitro benzene ring substituents is 1. The summed E-state index contributed by atoms with van der Waals surface area (Å²) < 4.78 is 13.2. The van der Waals surface area contributed by atoms with Crippen molar-refractivity contribution in [3.8, 4) is 0 Å². The van der Waals surface area contributed by atoms with E-state index in [1.807, 2.05) is 0 Å². The Hall–Kier alpha value is -1.77. The van der Waals surface area contributed by atoms with E-state index in [0.717, 1.165) is 6.07 Å². The number of anilines is 1. The van der Waals surface area contributed by atoms with Crippen LogP contribution in [0.4, 0.5) is 15.8 Å². The van der Waals surface area contributed by atoms with Crippen LogP contribution in [-0.2, 0) is 0 Å². The second kappa shape index (κ2) is 5.71. The van der Waals surface area contributed by atoms with Gasteiger partial charge in [0.15, 0.2) is 0 Å². The van der Waals surface area contributed by atoms with Gasteiger partial charge in [-0.25, -0.2) is 4.39 Å². The van der Waals surface area contributed by atoms with Crippen LogP contribution in [0, 0.1) is 15.9 Å². The van der Waals surface area contributed by atoms with Gasteiger partial charge in [-0.15, -0.1) is 0 Å². The van der Waals surface area contributed by atoms with Crippen molar-refractivity contribution in [2.24, 2.45) is 0 Å². The number of aliphatic hydroxyl groups excluding tert-OH is 2. The molecular formula is C10H14FN3O4. The molecule has 2 atom stereocenters. The smallest absolute Gasteiger partial charge is 0.295 e. The molecule has 1 aromatic rings. The van der Waals surface area contributed by atoms with Crippen molar-refractivity contribution in [3.05, 3.63) is 33.6 Å². The lowest BCUT2D eigenvalue weighted by atomic mass is 10.0. The van der Waals surface area contributed by atoms with E-state index in [0.29, 0.717) is 6.07 Å². The molecule has 0 fully saturated rings. The number of nitrogens with zero attached hydrogens (tertiary/aromatic N) is 1. The lowest BCUT2D eigenvalue weighted by Gasteiger charge is -2.19. The third-order valence-electron chi connectivity index (χ3n) is 2.45. The topological polar surface area (TPSA) is 122 Å². The van der Waals surface area contributed by atoms with E-state index in [2.05, 4.69) is 5.32 Å². The summed E-state index contributed by atoms with van der Waals surface area (Å²) in [7, 11) is 1.55. The van der Waals surface area contributed by atoms with Crippen molar-refractivity contribution >= 4 is 11.4 Å². The normalized spacial score (nSPS) is 14.2. The number of hydrogen-bond donors (Lipinski definition) is 4. The highest BCUT2D eigenvalue weighted by molar-refractivity contribution is 5.64. The van der Waals surface area contributed by atoms with Gasteiger partial charge >= 0.3 is 0 Å². The van der Waals surface area contributed by atoms with Gasteiger partial charge in [0.1, 0.15) is 17.6 Å². The fourth-order valence-electron chi connectivity index (χ4n) is 1.55. The molecule has 0 saturated carbocycles. The standard InChI is InChI=1S/C10H14FN3O4/c1-13-4-8(15)10(16)6-2-5(11)3-7(9(6)12)14(17)18/h2-3,8,10,13,15-16H,4,12H2,1H3. The SMILES string of the molecule is CNCC(O)C(O)c1cc(F)cc([N+](=O)[O-])c1N. The van der Waals surface area contributed by atoms with E-state index in [9.17, 15) is 24.7 Å². The molecule has 1 rings (SSSR count). The molecule has 0 heterocycles. The number of nitro groups is 1. The molecule has 0 spiro atoms. The zero-order valence-corrected chi connectivity index (χ0v) is 9.63. The van der Waals surface area contributed by atoms with E-state index in [-0.39, 0.29) is 17.8 Å². The maximum Gasteiger partial charge on any atom is 0.295 e. The number of benzene rings is 1. The molecule has 100 valence electrons. The van der Waals surface area contributed by atoms with Crippen LogP contribution in [0.1, 0.15) is 11.7 Å². The molecule has 0 radical (unpaired) electrons. The van der Waals surface area contributed by atoms with Crippen LogP contribution in [0.15, 0.2) is 12.1 Å². The van der Waals surface area contributed by atoms with Crippen LogP contribution in [0.2, 0.25) is 0 Å². The second-order valence-electron chi connectivity index (χ2n) is 3.75. The molecule has 5 N–H and O–H groups in total. The molecule has 7 nitrogen and oxygen atoms in total. The van der Waals surface area contributed by atoms with Crippen molar-refractivity contribution in [1.82, 2.24) is 5.32 Å². The summed E-state index contributed by atoms with van der Waals surface area (Å²) in [6, 6.07) is 1.53. The molecule has 0 saturated heterocycles. The van der Waals surface area contributed by atoms with Gasteiger partial charge in [-0.3, -0.25) is 10.1 Å². The average molecular weight is 259 g/mol. The van der Waals surface area contributed by atoms with Crippen LogP contribution < -0.4 is 11.1 Å². The summed E-state index contributed by atoms with van der Waals surface area (Å²) in [6.45, 7) is 0.0327. The van der Waals surface area contributed by atoms with Crippen molar-refractivity contribution in [1.29, 1.82) is 0 Å². The monoisotopic (exact) mass is 259 g/mol. The minimum Gasteiger partial charge on any atom is -0.393 e. The molecule has 8 heteroatoms. The van der Waals surface area contributed by atoms with Crippen LogP contribution in [0.3, 0.4) is 0 Å². The van der Waals surface area contributed by atoms with Gasteiger partial charge in [0, 0.05) is 12.1 Å². The van der Waals surface area contributed by atoms with Crippen LogP contribution in [-0.4, -0.2) is 34.8 Å². The third kappa shape index (κ3) is 2.92. The molecule has 0 aliphatic carbocycles. The number of aliphatic hydroxyl groups is 2. The molecule has 18 heavy (non-hydrogen) atoms. The quantitative estimate of drug-likeness (QED) is 0.333. The van der Waals surface area contributed by atoms with Crippen molar-refractivity contribution < 1.29 is 19.5 Å². The van der Waals surface area contributed by atoms with E-state index in [1.54, 1.807) is 7.05 Å². The van der Waals surface area contributed by atoms with Crippen LogP contribution >= 0.6 is 0 Å². The molecule has 0 amide bonds. The summed E-state index contributed by atoms with van der Waals surface area (Å²) in [5.41, 5.74) is 4.29. The van der Waals surface area contributed by atoms with Gasteiger partial charge in [0.05, 0.1) is 17.1 Å². The average Bonchev–Trinajstić information content (AvgIpc) is 2.30. The van der Waals surface area contributed by atoms with Crippen molar-refractivity contribution in [3.63, 3.8) is 0 Å². The van der Waals surface area contributed by atoms with Gasteiger partial charge in [0.2, 0.25) is 0 Å². The molecule has 0 aliphatic rings. The molecule has 0 aromatic heterocycles. The van der Waals surface area contributed by atoms with E-state index < -0.39 is 28.6 Å². The second-order valence-corrected chi connectivity index (χ2v) is 3.75. The summed E-state index contributed by atoms with van der Waals surface area (Å²) in [6.07, 6.45) is -2.76. The predicted octanol–water partition coefficient (Wildman–Crippen LogP) is -0.0702. The Morgan fingerprint density at radius 1 is 1.56 bits per heavy atom. The minimum atomic E-state index is -1.51. The van der Waals surface area contributed by atoms with Gasteiger partial charge < -0.3 is 21.3 Å². The Morgan fingerprint density at radius 3 is 2.67 bits per heavy atom. The molecule has 2 unspecified atom stereocenters. The number of rotatable bonds is 5. The first-order chi connectivity index (χ1) is 8.38.